The number of ether oxygens (including phenoxy) is 4. The maximum atomic E-state index is 12.5. The van der Waals surface area contributed by atoms with Gasteiger partial charge in [-0.15, -0.1) is 0 Å². The molecule has 3 unspecified atom stereocenters. The summed E-state index contributed by atoms with van der Waals surface area (Å²) in [7, 11) is 11.5. The first kappa shape index (κ1) is 24.7. The van der Waals surface area contributed by atoms with Crippen LogP contribution in [0.4, 0.5) is 0 Å². The molecular formula is C16H28B2O8PS-. The number of hydrogen-bond donors (Lipinski definition) is 1. The lowest BCUT2D eigenvalue weighted by molar-refractivity contribution is -0.193. The van der Waals surface area contributed by atoms with Crippen molar-refractivity contribution in [2.24, 2.45) is 0 Å². The Bertz CT molecular complexity index is 543. The van der Waals surface area contributed by atoms with Crippen LogP contribution in [0.15, 0.2) is 0 Å². The molecule has 0 spiro atoms. The van der Waals surface area contributed by atoms with Crippen LogP contribution in [0.3, 0.4) is 0 Å². The summed E-state index contributed by atoms with van der Waals surface area (Å²) in [6.07, 6.45) is -2.89. The Kier molecular flexibility index (Phi) is 9.39. The molecule has 4 radical (unpaired) electrons. The van der Waals surface area contributed by atoms with E-state index in [-0.39, 0.29) is 25.4 Å². The highest BCUT2D eigenvalue weighted by molar-refractivity contribution is 8.54. The Balaban J connectivity index is 1.90. The van der Waals surface area contributed by atoms with E-state index in [9.17, 15) is 14.6 Å². The molecule has 8 nitrogen and oxygen atoms in total. The van der Waals surface area contributed by atoms with E-state index in [1.807, 2.05) is 13.8 Å². The van der Waals surface area contributed by atoms with Gasteiger partial charge in [0.15, 0.2) is 6.80 Å². The van der Waals surface area contributed by atoms with E-state index in [4.69, 9.17) is 39.2 Å². The van der Waals surface area contributed by atoms with Gasteiger partial charge in [0.2, 0.25) is 0 Å². The molecule has 0 aliphatic carbocycles. The zero-order chi connectivity index (χ0) is 21.1. The first-order valence-electron chi connectivity index (χ1n) is 9.39. The molecule has 0 aromatic heterocycles. The zero-order valence-electron chi connectivity index (χ0n) is 16.6. The van der Waals surface area contributed by atoms with Crippen molar-refractivity contribution in [3.8, 4) is 0 Å². The van der Waals surface area contributed by atoms with Crippen molar-refractivity contribution in [3.05, 3.63) is 0 Å². The first-order chi connectivity index (χ1) is 13.0. The summed E-state index contributed by atoms with van der Waals surface area (Å²) in [5.74, 6) is 0. The molecule has 0 aromatic rings. The maximum absolute atomic E-state index is 12.5. The van der Waals surface area contributed by atoms with Crippen molar-refractivity contribution < 1.29 is 38.0 Å². The van der Waals surface area contributed by atoms with Crippen molar-refractivity contribution in [3.63, 3.8) is 0 Å². The smallest absolute Gasteiger partial charge is 0.192 e. The normalized spacial score (nSPS) is 38.4. The van der Waals surface area contributed by atoms with E-state index >= 15 is 0 Å². The highest BCUT2D eigenvalue weighted by atomic mass is 32.7. The molecule has 12 heteroatoms. The van der Waals surface area contributed by atoms with Crippen molar-refractivity contribution >= 4 is 33.9 Å². The highest BCUT2D eigenvalue weighted by Gasteiger charge is 2.43. The molecule has 158 valence electrons. The topological polar surface area (TPSA) is 107 Å². The van der Waals surface area contributed by atoms with Gasteiger partial charge in [-0.1, -0.05) is 11.4 Å². The second-order valence-corrected chi connectivity index (χ2v) is 11.4. The lowest BCUT2D eigenvalue weighted by Crippen LogP contribution is -2.39. The van der Waals surface area contributed by atoms with Crippen LogP contribution in [0.25, 0.3) is 0 Å². The van der Waals surface area contributed by atoms with Gasteiger partial charge in [-0.25, -0.2) is 0 Å². The Labute approximate surface area is 173 Å². The molecule has 2 saturated heterocycles. The number of aliphatic hydroxyl groups excluding tert-OH is 1. The number of rotatable bonds is 10. The fourth-order valence-electron chi connectivity index (χ4n) is 3.04. The minimum atomic E-state index is -4.29. The second kappa shape index (κ2) is 10.6. The summed E-state index contributed by atoms with van der Waals surface area (Å²) in [6, 6.07) is -1.51. The predicted octanol–water partition coefficient (Wildman–Crippen LogP) is 0.330. The fraction of sp³-hybridized carbons (Fsp3) is 1.00. The Morgan fingerprint density at radius 3 is 2.46 bits per heavy atom. The average molecular weight is 433 g/mol. The standard InChI is InChI=1S/C16H29B2O8PS/c1-8(2)22-6-10-12(5-13(17)25-10)28-27(20,21)23-7-11-15(24-9(3)4)14(19)16(18)26-11/h8-16,19H,5-7H2,1-4H3,(H,20,21)/p-1/t10-,11-,12?,13-,14+,15?,16-/m1/s1. The third-order valence-electron chi connectivity index (χ3n) is 4.28. The van der Waals surface area contributed by atoms with Gasteiger partial charge in [0.25, 0.3) is 0 Å². The van der Waals surface area contributed by atoms with E-state index in [1.165, 1.54) is 0 Å². The monoisotopic (exact) mass is 433 g/mol. The van der Waals surface area contributed by atoms with Gasteiger partial charge >= 0.3 is 0 Å². The van der Waals surface area contributed by atoms with Crippen LogP contribution in [0.2, 0.25) is 0 Å². The lowest BCUT2D eigenvalue weighted by atomic mass is 9.93. The molecule has 0 bridgehead atoms. The molecule has 2 heterocycles. The van der Waals surface area contributed by atoms with Crippen LogP contribution < -0.4 is 4.89 Å². The van der Waals surface area contributed by atoms with Crippen molar-refractivity contribution in [1.29, 1.82) is 0 Å². The molecule has 8 atom stereocenters. The van der Waals surface area contributed by atoms with Gasteiger partial charge in [-0.2, -0.15) is 0 Å². The second-order valence-electron chi connectivity index (χ2n) is 7.50. The van der Waals surface area contributed by atoms with Gasteiger partial charge in [-0.05, 0) is 34.1 Å². The van der Waals surface area contributed by atoms with Crippen LogP contribution >= 0.6 is 18.2 Å². The summed E-state index contributed by atoms with van der Waals surface area (Å²) in [5.41, 5.74) is 0. The molecular weight excluding hydrogens is 405 g/mol. The maximum Gasteiger partial charge on any atom is 0.192 e. The molecule has 2 fully saturated rings. The van der Waals surface area contributed by atoms with Crippen LogP contribution in [0.5, 0.6) is 0 Å². The number of aliphatic hydroxyl groups is 1. The van der Waals surface area contributed by atoms with E-state index in [1.54, 1.807) is 13.8 Å². The Morgan fingerprint density at radius 2 is 1.86 bits per heavy atom. The summed E-state index contributed by atoms with van der Waals surface area (Å²) in [5, 5.41) is 9.67. The minimum absolute atomic E-state index is 0.00516. The predicted molar refractivity (Wildman–Crippen MR) is 105 cm³/mol. The largest absolute Gasteiger partial charge is 0.770 e. The molecule has 0 amide bonds. The van der Waals surface area contributed by atoms with Gasteiger partial charge in [0.1, 0.15) is 34.0 Å². The zero-order valence-corrected chi connectivity index (χ0v) is 18.3. The Morgan fingerprint density at radius 1 is 1.18 bits per heavy atom. The summed E-state index contributed by atoms with van der Waals surface area (Å²) >= 11 is 0.676. The minimum Gasteiger partial charge on any atom is -0.770 e. The third-order valence-corrected chi connectivity index (χ3v) is 7.68. The molecule has 2 aliphatic heterocycles. The molecule has 0 aromatic carbocycles. The van der Waals surface area contributed by atoms with Crippen LogP contribution in [-0.4, -0.2) is 87.9 Å². The summed E-state index contributed by atoms with van der Waals surface area (Å²) in [6.45, 7) is 3.02. The molecule has 28 heavy (non-hydrogen) atoms. The van der Waals surface area contributed by atoms with Crippen molar-refractivity contribution in [2.45, 2.75) is 88.0 Å². The van der Waals surface area contributed by atoms with E-state index < -0.39 is 48.5 Å². The quantitative estimate of drug-likeness (QED) is 0.386. The number of hydrogen-bond acceptors (Lipinski definition) is 9. The summed E-state index contributed by atoms with van der Waals surface area (Å²) in [4.78, 5) is 12.5. The molecule has 2 aliphatic rings. The third kappa shape index (κ3) is 7.29. The van der Waals surface area contributed by atoms with Gasteiger partial charge in [0.05, 0.1) is 31.5 Å². The van der Waals surface area contributed by atoms with Gasteiger partial charge in [0, 0.05) is 17.3 Å². The highest BCUT2D eigenvalue weighted by Crippen LogP contribution is 2.57. The SMILES string of the molecule is [B][C@@H]1O[C@H](COP(=O)([O-])SC2C[C@H]([B])O[C@@H]2COC(C)C)C(OC(C)C)[C@@H]1O. The average Bonchev–Trinajstić information content (AvgIpc) is 3.04. The Hall–Kier alpha value is 0.430. The van der Waals surface area contributed by atoms with Crippen molar-refractivity contribution in [1.82, 2.24) is 0 Å². The summed E-state index contributed by atoms with van der Waals surface area (Å²) < 4.78 is 39.7. The van der Waals surface area contributed by atoms with E-state index in [0.717, 1.165) is 0 Å². The van der Waals surface area contributed by atoms with Gasteiger partial charge < -0.3 is 33.5 Å². The first-order valence-corrected chi connectivity index (χ1v) is 12.4. The van der Waals surface area contributed by atoms with Crippen LogP contribution in [-0.2, 0) is 28.0 Å². The van der Waals surface area contributed by atoms with Crippen LogP contribution in [0.1, 0.15) is 34.1 Å². The van der Waals surface area contributed by atoms with Gasteiger partial charge in [-0.3, -0.25) is 4.57 Å². The fourth-order valence-corrected chi connectivity index (χ4v) is 6.34. The molecule has 1 N–H and O–H groups in total. The lowest BCUT2D eigenvalue weighted by Gasteiger charge is -2.30. The van der Waals surface area contributed by atoms with Crippen molar-refractivity contribution in [2.75, 3.05) is 13.2 Å². The van der Waals surface area contributed by atoms with Crippen LogP contribution in [0, 0.1) is 0 Å². The van der Waals surface area contributed by atoms with E-state index in [2.05, 4.69) is 0 Å². The van der Waals surface area contributed by atoms with E-state index in [0.29, 0.717) is 17.8 Å². The molecule has 0 saturated carbocycles. The molecule has 2 rings (SSSR count).